The lowest BCUT2D eigenvalue weighted by molar-refractivity contribution is 0.341. The number of hydrogen-bond donors (Lipinski definition) is 2. The Morgan fingerprint density at radius 2 is 1.76 bits per heavy atom. The van der Waals surface area contributed by atoms with Gasteiger partial charge in [0.1, 0.15) is 11.5 Å². The van der Waals surface area contributed by atoms with Gasteiger partial charge in [0, 0.05) is 5.56 Å². The minimum atomic E-state index is -0.00758. The Morgan fingerprint density at radius 1 is 1.10 bits per heavy atom. The van der Waals surface area contributed by atoms with E-state index in [1.165, 1.54) is 0 Å². The summed E-state index contributed by atoms with van der Waals surface area (Å²) in [5, 5.41) is 13.5. The van der Waals surface area contributed by atoms with Crippen LogP contribution in [0.25, 0.3) is 0 Å². The number of nitrogens with one attached hydrogen (secondary N) is 1. The fourth-order valence-corrected chi connectivity index (χ4v) is 2.36. The lowest BCUT2D eigenvalue weighted by Gasteiger charge is -2.20. The molecular weight excluding hydrogens is 262 g/mol. The van der Waals surface area contributed by atoms with Crippen LogP contribution in [-0.4, -0.2) is 11.7 Å². The van der Waals surface area contributed by atoms with Crippen LogP contribution in [0.2, 0.25) is 0 Å². The van der Waals surface area contributed by atoms with Crippen LogP contribution in [0, 0.1) is 13.8 Å². The molecule has 1 unspecified atom stereocenters. The molecule has 3 nitrogen and oxygen atoms in total. The summed E-state index contributed by atoms with van der Waals surface area (Å²) in [4.78, 5) is 0. The molecule has 0 saturated carbocycles. The first-order valence-corrected chi connectivity index (χ1v) is 7.30. The molecule has 2 aromatic carbocycles. The van der Waals surface area contributed by atoms with E-state index in [0.717, 1.165) is 28.1 Å². The zero-order valence-corrected chi connectivity index (χ0v) is 13.1. The number of hydrogen-bond acceptors (Lipinski definition) is 3. The minimum absolute atomic E-state index is 0.00758. The van der Waals surface area contributed by atoms with Crippen LogP contribution in [0.4, 0.5) is 5.69 Å². The summed E-state index contributed by atoms with van der Waals surface area (Å²) in [5.41, 5.74) is 4.12. The van der Waals surface area contributed by atoms with Crippen molar-refractivity contribution >= 4 is 5.69 Å². The maximum atomic E-state index is 10.0. The molecule has 0 bridgehead atoms. The molecule has 3 heteroatoms. The predicted molar refractivity (Wildman–Crippen MR) is 87.2 cm³/mol. The number of anilines is 1. The summed E-state index contributed by atoms with van der Waals surface area (Å²) in [7, 11) is 0. The van der Waals surface area contributed by atoms with Crippen molar-refractivity contribution in [2.45, 2.75) is 33.7 Å². The molecule has 1 atom stereocenters. The summed E-state index contributed by atoms with van der Waals surface area (Å²) in [6, 6.07) is 11.7. The van der Waals surface area contributed by atoms with Gasteiger partial charge in [-0.15, -0.1) is 0 Å². The van der Waals surface area contributed by atoms with Crippen molar-refractivity contribution in [1.82, 2.24) is 0 Å². The molecule has 0 radical (unpaired) electrons. The van der Waals surface area contributed by atoms with Crippen molar-refractivity contribution in [3.63, 3.8) is 0 Å². The van der Waals surface area contributed by atoms with Crippen molar-refractivity contribution in [2.24, 2.45) is 0 Å². The topological polar surface area (TPSA) is 41.5 Å². The Bertz CT molecular complexity index is 623. The molecule has 2 rings (SSSR count). The Labute approximate surface area is 126 Å². The van der Waals surface area contributed by atoms with E-state index in [1.54, 1.807) is 6.07 Å². The Kier molecular flexibility index (Phi) is 4.73. The second kappa shape index (κ2) is 6.53. The summed E-state index contributed by atoms with van der Waals surface area (Å²) >= 11 is 0. The molecule has 0 heterocycles. The molecule has 0 amide bonds. The molecule has 0 spiro atoms. The van der Waals surface area contributed by atoms with E-state index in [4.69, 9.17) is 4.74 Å². The van der Waals surface area contributed by atoms with Crippen molar-refractivity contribution < 1.29 is 9.84 Å². The van der Waals surface area contributed by atoms with Gasteiger partial charge in [0.25, 0.3) is 0 Å². The molecule has 0 aliphatic rings. The molecule has 21 heavy (non-hydrogen) atoms. The van der Waals surface area contributed by atoms with Crippen LogP contribution in [0.5, 0.6) is 11.5 Å². The molecular formula is C18H23NO2. The third kappa shape index (κ3) is 3.69. The van der Waals surface area contributed by atoms with Crippen LogP contribution in [0.1, 0.15) is 36.6 Å². The number of phenolic OH excluding ortho intramolecular Hbond substituents is 1. The lowest BCUT2D eigenvalue weighted by Crippen LogP contribution is -2.09. The van der Waals surface area contributed by atoms with Gasteiger partial charge in [-0.1, -0.05) is 23.8 Å². The third-order valence-corrected chi connectivity index (χ3v) is 3.46. The van der Waals surface area contributed by atoms with E-state index >= 15 is 0 Å². The molecule has 0 saturated heterocycles. The zero-order chi connectivity index (χ0) is 15.4. The molecule has 0 fully saturated rings. The first-order valence-electron chi connectivity index (χ1n) is 7.30. The summed E-state index contributed by atoms with van der Waals surface area (Å²) in [6.45, 7) is 8.70. The molecule has 2 aromatic rings. The predicted octanol–water partition coefficient (Wildman–Crippen LogP) is 4.58. The van der Waals surface area contributed by atoms with Crippen molar-refractivity contribution in [3.05, 3.63) is 53.1 Å². The quantitative estimate of drug-likeness (QED) is 0.844. The number of aryl methyl sites for hydroxylation is 2. The molecule has 112 valence electrons. The SMILES string of the molecule is CCOc1cc(C)ccc1NC(C)c1cc(C)ccc1O. The fourth-order valence-electron chi connectivity index (χ4n) is 2.36. The summed E-state index contributed by atoms with van der Waals surface area (Å²) in [6.07, 6.45) is 0. The van der Waals surface area contributed by atoms with Gasteiger partial charge < -0.3 is 15.2 Å². The Hall–Kier alpha value is -2.16. The van der Waals surface area contributed by atoms with Crippen LogP contribution >= 0.6 is 0 Å². The Morgan fingerprint density at radius 3 is 2.48 bits per heavy atom. The van der Waals surface area contributed by atoms with E-state index in [0.29, 0.717) is 12.4 Å². The largest absolute Gasteiger partial charge is 0.508 e. The van der Waals surface area contributed by atoms with Gasteiger partial charge in [-0.3, -0.25) is 0 Å². The van der Waals surface area contributed by atoms with Gasteiger partial charge in [0.2, 0.25) is 0 Å². The molecule has 0 aliphatic heterocycles. The van der Waals surface area contributed by atoms with Crippen LogP contribution in [0.3, 0.4) is 0 Å². The van der Waals surface area contributed by atoms with E-state index < -0.39 is 0 Å². The first-order chi connectivity index (χ1) is 10.0. The fraction of sp³-hybridized carbons (Fsp3) is 0.333. The van der Waals surface area contributed by atoms with Crippen molar-refractivity contribution in [3.8, 4) is 11.5 Å². The normalized spacial score (nSPS) is 12.0. The average molecular weight is 285 g/mol. The highest BCUT2D eigenvalue weighted by Gasteiger charge is 2.13. The van der Waals surface area contributed by atoms with Crippen LogP contribution in [0.15, 0.2) is 36.4 Å². The first kappa shape index (κ1) is 15.2. The average Bonchev–Trinajstić information content (AvgIpc) is 2.44. The van der Waals surface area contributed by atoms with E-state index in [9.17, 15) is 5.11 Å². The molecule has 0 aliphatic carbocycles. The third-order valence-electron chi connectivity index (χ3n) is 3.46. The number of benzene rings is 2. The standard InChI is InChI=1S/C18H23NO2/c1-5-21-18-11-13(3)6-8-16(18)19-14(4)15-10-12(2)7-9-17(15)20/h6-11,14,19-20H,5H2,1-4H3. The summed E-state index contributed by atoms with van der Waals surface area (Å²) in [5.74, 6) is 1.15. The van der Waals surface area contributed by atoms with Gasteiger partial charge >= 0.3 is 0 Å². The number of rotatable bonds is 5. The van der Waals surface area contributed by atoms with Gasteiger partial charge in [-0.25, -0.2) is 0 Å². The minimum Gasteiger partial charge on any atom is -0.508 e. The number of ether oxygens (including phenoxy) is 1. The Balaban J connectivity index is 2.26. The van der Waals surface area contributed by atoms with Crippen LogP contribution in [-0.2, 0) is 0 Å². The van der Waals surface area contributed by atoms with Gasteiger partial charge in [-0.05, 0) is 51.5 Å². The van der Waals surface area contributed by atoms with Crippen LogP contribution < -0.4 is 10.1 Å². The monoisotopic (exact) mass is 285 g/mol. The maximum absolute atomic E-state index is 10.0. The van der Waals surface area contributed by atoms with Gasteiger partial charge in [-0.2, -0.15) is 0 Å². The highest BCUT2D eigenvalue weighted by Crippen LogP contribution is 2.32. The van der Waals surface area contributed by atoms with Gasteiger partial charge in [0.15, 0.2) is 0 Å². The smallest absolute Gasteiger partial charge is 0.142 e. The van der Waals surface area contributed by atoms with E-state index in [1.807, 2.05) is 58.0 Å². The lowest BCUT2D eigenvalue weighted by atomic mass is 10.0. The second-order valence-electron chi connectivity index (χ2n) is 5.36. The molecule has 2 N–H and O–H groups in total. The summed E-state index contributed by atoms with van der Waals surface area (Å²) < 4.78 is 5.68. The molecule has 0 aromatic heterocycles. The van der Waals surface area contributed by atoms with Crippen molar-refractivity contribution in [1.29, 1.82) is 0 Å². The number of aromatic hydroxyl groups is 1. The number of phenols is 1. The maximum Gasteiger partial charge on any atom is 0.142 e. The van der Waals surface area contributed by atoms with Gasteiger partial charge in [0.05, 0.1) is 18.3 Å². The highest BCUT2D eigenvalue weighted by atomic mass is 16.5. The van der Waals surface area contributed by atoms with Crippen molar-refractivity contribution in [2.75, 3.05) is 11.9 Å². The van der Waals surface area contributed by atoms with E-state index in [2.05, 4.69) is 5.32 Å². The van der Waals surface area contributed by atoms with E-state index in [-0.39, 0.29) is 6.04 Å². The highest BCUT2D eigenvalue weighted by molar-refractivity contribution is 5.59. The zero-order valence-electron chi connectivity index (χ0n) is 13.1. The second-order valence-corrected chi connectivity index (χ2v) is 5.36.